The van der Waals surface area contributed by atoms with E-state index in [4.69, 9.17) is 9.26 Å². The zero-order valence-corrected chi connectivity index (χ0v) is 18.3. The average molecular weight is 455 g/mol. The number of amides is 1. The molecule has 1 fully saturated rings. The number of hydrogen-bond acceptors (Lipinski definition) is 7. The molecule has 1 saturated carbocycles. The van der Waals surface area contributed by atoms with Gasteiger partial charge in [-0.25, -0.2) is 8.42 Å². The number of nitrogens with one attached hydrogen (secondary N) is 1. The van der Waals surface area contributed by atoms with Crippen LogP contribution in [0.15, 0.2) is 51.9 Å². The minimum absolute atomic E-state index is 0.0194. The molecule has 1 aliphatic heterocycles. The SMILES string of the molecule is CCc1ccc(NS(=O)(=O)c2ccc3c(c2)N(Cc2noc(C4CC4)n2)C(=O)CO3)cc1. The van der Waals surface area contributed by atoms with Crippen molar-refractivity contribution in [2.24, 2.45) is 0 Å². The molecule has 2 aliphatic rings. The smallest absolute Gasteiger partial charge is 0.265 e. The van der Waals surface area contributed by atoms with Crippen LogP contribution in [0, 0.1) is 0 Å². The third-order valence-corrected chi connectivity index (χ3v) is 6.89. The van der Waals surface area contributed by atoms with Gasteiger partial charge in [-0.1, -0.05) is 24.2 Å². The van der Waals surface area contributed by atoms with Crippen LogP contribution in [0.1, 0.15) is 43.0 Å². The molecule has 0 radical (unpaired) electrons. The van der Waals surface area contributed by atoms with Crippen LogP contribution in [-0.4, -0.2) is 31.1 Å². The molecule has 32 heavy (non-hydrogen) atoms. The van der Waals surface area contributed by atoms with Crippen molar-refractivity contribution in [3.63, 3.8) is 0 Å². The van der Waals surface area contributed by atoms with Crippen LogP contribution in [0.25, 0.3) is 0 Å². The van der Waals surface area contributed by atoms with Crippen LogP contribution >= 0.6 is 0 Å². The van der Waals surface area contributed by atoms with E-state index in [1.54, 1.807) is 18.2 Å². The highest BCUT2D eigenvalue weighted by Gasteiger charge is 2.32. The van der Waals surface area contributed by atoms with Gasteiger partial charge in [0.15, 0.2) is 12.4 Å². The molecule has 0 saturated heterocycles. The van der Waals surface area contributed by atoms with Gasteiger partial charge in [0, 0.05) is 11.6 Å². The highest BCUT2D eigenvalue weighted by Crippen LogP contribution is 2.39. The summed E-state index contributed by atoms with van der Waals surface area (Å²) in [5, 5.41) is 3.97. The highest BCUT2D eigenvalue weighted by atomic mass is 32.2. The van der Waals surface area contributed by atoms with Crippen LogP contribution < -0.4 is 14.4 Å². The van der Waals surface area contributed by atoms with Crippen LogP contribution in [-0.2, 0) is 27.8 Å². The van der Waals surface area contributed by atoms with Crippen molar-refractivity contribution in [2.75, 3.05) is 16.2 Å². The van der Waals surface area contributed by atoms with Crippen molar-refractivity contribution in [1.82, 2.24) is 10.1 Å². The molecule has 3 aromatic rings. The highest BCUT2D eigenvalue weighted by molar-refractivity contribution is 7.92. The van der Waals surface area contributed by atoms with Crippen LogP contribution in [0.3, 0.4) is 0 Å². The van der Waals surface area contributed by atoms with Crippen LogP contribution in [0.2, 0.25) is 0 Å². The average Bonchev–Trinajstić information content (AvgIpc) is 3.54. The molecule has 1 N–H and O–H groups in total. The Labute approximate surface area is 185 Å². The molecule has 1 aliphatic carbocycles. The van der Waals surface area contributed by atoms with Gasteiger partial charge in [-0.2, -0.15) is 4.98 Å². The lowest BCUT2D eigenvalue weighted by molar-refractivity contribution is -0.121. The second-order valence-corrected chi connectivity index (χ2v) is 9.56. The third kappa shape index (κ3) is 4.05. The van der Waals surface area contributed by atoms with Crippen molar-refractivity contribution in [2.45, 2.75) is 43.5 Å². The quantitative estimate of drug-likeness (QED) is 0.583. The van der Waals surface area contributed by atoms with Crippen molar-refractivity contribution < 1.29 is 22.5 Å². The van der Waals surface area contributed by atoms with Gasteiger partial charge in [-0.05, 0) is 55.2 Å². The first-order valence-electron chi connectivity index (χ1n) is 10.4. The molecule has 2 aromatic carbocycles. The first kappa shape index (κ1) is 20.5. The number of ether oxygens (including phenoxy) is 1. The Morgan fingerprint density at radius 2 is 1.94 bits per heavy atom. The van der Waals surface area contributed by atoms with Gasteiger partial charge in [0.25, 0.3) is 15.9 Å². The minimum atomic E-state index is -3.87. The summed E-state index contributed by atoms with van der Waals surface area (Å²) in [4.78, 5) is 18.4. The Hall–Kier alpha value is -3.40. The van der Waals surface area contributed by atoms with Gasteiger partial charge < -0.3 is 9.26 Å². The van der Waals surface area contributed by atoms with E-state index in [1.165, 1.54) is 17.0 Å². The van der Waals surface area contributed by atoms with E-state index in [9.17, 15) is 13.2 Å². The van der Waals surface area contributed by atoms with E-state index in [-0.39, 0.29) is 24.0 Å². The summed E-state index contributed by atoms with van der Waals surface area (Å²) in [5.41, 5.74) is 1.92. The van der Waals surface area contributed by atoms with E-state index >= 15 is 0 Å². The standard InChI is InChI=1S/C22H22N4O5S/c1-2-14-3-7-16(8-4-14)25-32(28,29)17-9-10-19-18(11-17)26(21(27)13-30-19)12-20-23-22(31-24-20)15-5-6-15/h3-4,7-11,15,25H,2,5-6,12-13H2,1H3. The maximum absolute atomic E-state index is 13.0. The first-order valence-corrected chi connectivity index (χ1v) is 11.9. The fraction of sp³-hybridized carbons (Fsp3) is 0.318. The molecular formula is C22H22N4O5S. The molecule has 5 rings (SSSR count). The molecule has 0 unspecified atom stereocenters. The Morgan fingerprint density at radius 1 is 1.16 bits per heavy atom. The predicted octanol–water partition coefficient (Wildman–Crippen LogP) is 3.24. The second-order valence-electron chi connectivity index (χ2n) is 7.88. The van der Waals surface area contributed by atoms with Crippen molar-refractivity contribution in [3.05, 3.63) is 59.7 Å². The number of aryl methyl sites for hydroxylation is 1. The fourth-order valence-electron chi connectivity index (χ4n) is 3.51. The van der Waals surface area contributed by atoms with Gasteiger partial charge in [0.05, 0.1) is 17.1 Å². The maximum Gasteiger partial charge on any atom is 0.265 e. The topological polar surface area (TPSA) is 115 Å². The maximum atomic E-state index is 13.0. The molecule has 10 heteroatoms. The summed E-state index contributed by atoms with van der Waals surface area (Å²) in [6.45, 7) is 1.96. The first-order chi connectivity index (χ1) is 15.4. The molecule has 9 nitrogen and oxygen atoms in total. The largest absolute Gasteiger partial charge is 0.482 e. The molecule has 0 bridgehead atoms. The van der Waals surface area contributed by atoms with Crippen molar-refractivity contribution in [3.8, 4) is 5.75 Å². The summed E-state index contributed by atoms with van der Waals surface area (Å²) < 4.78 is 39.3. The molecule has 1 aromatic heterocycles. The Morgan fingerprint density at radius 3 is 2.66 bits per heavy atom. The normalized spacial score (nSPS) is 15.9. The van der Waals surface area contributed by atoms with Gasteiger partial charge in [0.2, 0.25) is 5.89 Å². The van der Waals surface area contributed by atoms with E-state index in [0.29, 0.717) is 34.8 Å². The van der Waals surface area contributed by atoms with Crippen molar-refractivity contribution in [1.29, 1.82) is 0 Å². The second kappa shape index (κ2) is 7.94. The van der Waals surface area contributed by atoms with Gasteiger partial charge in [-0.15, -0.1) is 0 Å². The molecule has 2 heterocycles. The number of hydrogen-bond donors (Lipinski definition) is 1. The summed E-state index contributed by atoms with van der Waals surface area (Å²) in [6, 6.07) is 11.6. The summed E-state index contributed by atoms with van der Waals surface area (Å²) in [7, 11) is -3.87. The number of benzene rings is 2. The monoisotopic (exact) mass is 454 g/mol. The lowest BCUT2D eigenvalue weighted by atomic mass is 10.2. The predicted molar refractivity (Wildman–Crippen MR) is 116 cm³/mol. The van der Waals surface area contributed by atoms with Crippen LogP contribution in [0.4, 0.5) is 11.4 Å². The zero-order valence-electron chi connectivity index (χ0n) is 17.4. The van der Waals surface area contributed by atoms with E-state index in [2.05, 4.69) is 14.9 Å². The number of fused-ring (bicyclic) bond motifs is 1. The lowest BCUT2D eigenvalue weighted by Crippen LogP contribution is -2.38. The number of aromatic nitrogens is 2. The Kier molecular flexibility index (Phi) is 5.09. The van der Waals surface area contributed by atoms with Crippen molar-refractivity contribution >= 4 is 27.3 Å². The van der Waals surface area contributed by atoms with Gasteiger partial charge in [0.1, 0.15) is 5.75 Å². The number of anilines is 2. The summed E-state index contributed by atoms with van der Waals surface area (Å²) in [5.74, 6) is 1.36. The van der Waals surface area contributed by atoms with E-state index < -0.39 is 10.0 Å². The van der Waals surface area contributed by atoms with E-state index in [1.807, 2.05) is 19.1 Å². The van der Waals surface area contributed by atoms with Crippen LogP contribution in [0.5, 0.6) is 5.75 Å². The number of nitrogens with zero attached hydrogens (tertiary/aromatic N) is 3. The molecule has 0 spiro atoms. The number of carbonyl (C=O) groups is 1. The number of rotatable bonds is 7. The van der Waals surface area contributed by atoms with E-state index in [0.717, 1.165) is 24.8 Å². The lowest BCUT2D eigenvalue weighted by Gasteiger charge is -2.28. The molecule has 0 atom stereocenters. The number of carbonyl (C=O) groups excluding carboxylic acids is 1. The van der Waals surface area contributed by atoms with Gasteiger partial charge >= 0.3 is 0 Å². The third-order valence-electron chi connectivity index (χ3n) is 5.51. The zero-order chi connectivity index (χ0) is 22.3. The molecule has 166 valence electrons. The Bertz CT molecular complexity index is 1270. The molecule has 1 amide bonds. The fourth-order valence-corrected chi connectivity index (χ4v) is 4.59. The van der Waals surface area contributed by atoms with Gasteiger partial charge in [-0.3, -0.25) is 14.4 Å². The minimum Gasteiger partial charge on any atom is -0.482 e. The summed E-state index contributed by atoms with van der Waals surface area (Å²) in [6.07, 6.45) is 2.91. The summed E-state index contributed by atoms with van der Waals surface area (Å²) >= 11 is 0. The molecular weight excluding hydrogens is 432 g/mol. The number of sulfonamides is 1. The Balaban J connectivity index is 1.42.